The molecule has 8 heteroatoms. The SMILES string of the molecule is CN(C)CCCNS(=O)(=O)c1ccc2[nH]c3c(=O)[nH]ccc3c2c1. The summed E-state index contributed by atoms with van der Waals surface area (Å²) in [6.45, 7) is 1.19. The minimum Gasteiger partial charge on any atom is -0.350 e. The van der Waals surface area contributed by atoms with Crippen LogP contribution in [-0.4, -0.2) is 50.5 Å². The van der Waals surface area contributed by atoms with Crippen LogP contribution in [0.15, 0.2) is 40.2 Å². The van der Waals surface area contributed by atoms with E-state index in [1.165, 1.54) is 0 Å². The van der Waals surface area contributed by atoms with Crippen LogP contribution in [0.1, 0.15) is 6.42 Å². The van der Waals surface area contributed by atoms with Gasteiger partial charge < -0.3 is 14.9 Å². The Balaban J connectivity index is 1.93. The van der Waals surface area contributed by atoms with Crippen LogP contribution in [0.4, 0.5) is 0 Å². The molecule has 7 nitrogen and oxygen atoms in total. The summed E-state index contributed by atoms with van der Waals surface area (Å²) in [7, 11) is 0.316. The third-order valence-corrected chi connectivity index (χ3v) is 5.34. The molecule has 0 aliphatic heterocycles. The maximum absolute atomic E-state index is 12.4. The smallest absolute Gasteiger partial charge is 0.272 e. The number of sulfonamides is 1. The largest absolute Gasteiger partial charge is 0.350 e. The van der Waals surface area contributed by atoms with Gasteiger partial charge in [0, 0.05) is 29.0 Å². The summed E-state index contributed by atoms with van der Waals surface area (Å²) in [6, 6.07) is 6.59. The Kier molecular flexibility index (Phi) is 4.44. The normalized spacial score (nSPS) is 12.5. The predicted molar refractivity (Wildman–Crippen MR) is 94.8 cm³/mol. The van der Waals surface area contributed by atoms with Crippen LogP contribution < -0.4 is 10.3 Å². The Morgan fingerprint density at radius 2 is 1.96 bits per heavy atom. The monoisotopic (exact) mass is 348 g/mol. The standard InChI is InChI=1S/C16H20N4O3S/c1-20(2)9-3-7-18-24(22,23)11-4-5-14-13(10-11)12-6-8-17-16(21)15(12)19-14/h4-6,8,10,18-19H,3,7,9H2,1-2H3,(H,17,21). The van der Waals surface area contributed by atoms with Gasteiger partial charge in [0.15, 0.2) is 0 Å². The van der Waals surface area contributed by atoms with Crippen molar-refractivity contribution in [1.29, 1.82) is 0 Å². The van der Waals surface area contributed by atoms with E-state index >= 15 is 0 Å². The summed E-state index contributed by atoms with van der Waals surface area (Å²) in [5.74, 6) is 0. The van der Waals surface area contributed by atoms with E-state index in [2.05, 4.69) is 14.7 Å². The summed E-state index contributed by atoms with van der Waals surface area (Å²) in [6.07, 6.45) is 2.29. The Bertz CT molecular complexity index is 1030. The molecule has 0 fully saturated rings. The van der Waals surface area contributed by atoms with Crippen molar-refractivity contribution in [3.8, 4) is 0 Å². The van der Waals surface area contributed by atoms with Crippen LogP contribution in [0.3, 0.4) is 0 Å². The zero-order valence-electron chi connectivity index (χ0n) is 13.6. The fourth-order valence-electron chi connectivity index (χ4n) is 2.67. The van der Waals surface area contributed by atoms with Crippen molar-refractivity contribution in [3.05, 3.63) is 40.8 Å². The first kappa shape index (κ1) is 16.7. The third-order valence-electron chi connectivity index (χ3n) is 3.89. The van der Waals surface area contributed by atoms with Crippen molar-refractivity contribution in [2.45, 2.75) is 11.3 Å². The predicted octanol–water partition coefficient (Wildman–Crippen LogP) is 1.24. The molecule has 0 amide bonds. The molecule has 2 heterocycles. The molecule has 0 radical (unpaired) electrons. The van der Waals surface area contributed by atoms with Crippen molar-refractivity contribution < 1.29 is 8.42 Å². The molecule has 0 bridgehead atoms. The van der Waals surface area contributed by atoms with E-state index in [-0.39, 0.29) is 10.5 Å². The lowest BCUT2D eigenvalue weighted by Gasteiger charge is -2.10. The highest BCUT2D eigenvalue weighted by Gasteiger charge is 2.16. The van der Waals surface area contributed by atoms with Crippen LogP contribution in [0, 0.1) is 0 Å². The number of benzene rings is 1. The van der Waals surface area contributed by atoms with E-state index in [0.717, 1.165) is 18.5 Å². The van der Waals surface area contributed by atoms with Gasteiger partial charge in [-0.15, -0.1) is 0 Å². The summed E-state index contributed by atoms with van der Waals surface area (Å²) >= 11 is 0. The van der Waals surface area contributed by atoms with E-state index in [9.17, 15) is 13.2 Å². The minimum atomic E-state index is -3.57. The number of nitrogens with zero attached hydrogens (tertiary/aromatic N) is 1. The fourth-order valence-corrected chi connectivity index (χ4v) is 3.77. The van der Waals surface area contributed by atoms with Crippen LogP contribution in [-0.2, 0) is 10.0 Å². The van der Waals surface area contributed by atoms with Gasteiger partial charge in [0.1, 0.15) is 5.52 Å². The molecule has 0 unspecified atom stereocenters. The Hall–Kier alpha value is -2.16. The third kappa shape index (κ3) is 3.21. The molecule has 3 rings (SSSR count). The maximum atomic E-state index is 12.4. The second kappa shape index (κ2) is 6.39. The molecule has 1 aromatic carbocycles. The van der Waals surface area contributed by atoms with Gasteiger partial charge >= 0.3 is 0 Å². The first-order chi connectivity index (χ1) is 11.4. The number of fused-ring (bicyclic) bond motifs is 3. The van der Waals surface area contributed by atoms with Crippen molar-refractivity contribution in [1.82, 2.24) is 19.6 Å². The quantitative estimate of drug-likeness (QED) is 0.584. The summed E-state index contributed by atoms with van der Waals surface area (Å²) in [5.41, 5.74) is 0.948. The van der Waals surface area contributed by atoms with Gasteiger partial charge in [0.05, 0.1) is 4.90 Å². The highest BCUT2D eigenvalue weighted by atomic mass is 32.2. The van der Waals surface area contributed by atoms with Gasteiger partial charge in [-0.3, -0.25) is 4.79 Å². The molecule has 0 saturated heterocycles. The van der Waals surface area contributed by atoms with E-state index in [0.29, 0.717) is 22.8 Å². The lowest BCUT2D eigenvalue weighted by atomic mass is 10.2. The molecular weight excluding hydrogens is 328 g/mol. The highest BCUT2D eigenvalue weighted by Crippen LogP contribution is 2.25. The zero-order valence-corrected chi connectivity index (χ0v) is 14.4. The molecule has 3 aromatic rings. The number of hydrogen-bond donors (Lipinski definition) is 3. The average Bonchev–Trinajstić information content (AvgIpc) is 2.91. The van der Waals surface area contributed by atoms with Crippen LogP contribution in [0.5, 0.6) is 0 Å². The second-order valence-corrected chi connectivity index (χ2v) is 7.75. The molecule has 24 heavy (non-hydrogen) atoms. The molecule has 0 aliphatic carbocycles. The lowest BCUT2D eigenvalue weighted by Crippen LogP contribution is -2.27. The number of pyridine rings is 1. The van der Waals surface area contributed by atoms with Crippen molar-refractivity contribution in [2.75, 3.05) is 27.2 Å². The molecule has 0 atom stereocenters. The number of aromatic nitrogens is 2. The number of rotatable bonds is 6. The zero-order chi connectivity index (χ0) is 17.3. The van der Waals surface area contributed by atoms with E-state index < -0.39 is 10.0 Å². The van der Waals surface area contributed by atoms with Crippen molar-refractivity contribution in [2.24, 2.45) is 0 Å². The molecule has 0 spiro atoms. The number of nitrogens with one attached hydrogen (secondary N) is 3. The van der Waals surface area contributed by atoms with Gasteiger partial charge in [0.2, 0.25) is 10.0 Å². The first-order valence-electron chi connectivity index (χ1n) is 7.66. The van der Waals surface area contributed by atoms with Crippen LogP contribution >= 0.6 is 0 Å². The topological polar surface area (TPSA) is 98.1 Å². The van der Waals surface area contributed by atoms with Gasteiger partial charge in [-0.1, -0.05) is 0 Å². The Morgan fingerprint density at radius 1 is 1.17 bits per heavy atom. The van der Waals surface area contributed by atoms with E-state index in [1.807, 2.05) is 19.0 Å². The number of H-pyrrole nitrogens is 2. The van der Waals surface area contributed by atoms with E-state index in [1.54, 1.807) is 30.5 Å². The molecule has 0 aliphatic rings. The average molecular weight is 348 g/mol. The molecule has 128 valence electrons. The number of hydrogen-bond acceptors (Lipinski definition) is 4. The summed E-state index contributed by atoms with van der Waals surface area (Å²) in [4.78, 5) is 19.7. The van der Waals surface area contributed by atoms with Crippen LogP contribution in [0.2, 0.25) is 0 Å². The van der Waals surface area contributed by atoms with Crippen LogP contribution in [0.25, 0.3) is 21.8 Å². The fraction of sp³-hybridized carbons (Fsp3) is 0.312. The van der Waals surface area contributed by atoms with E-state index in [4.69, 9.17) is 0 Å². The van der Waals surface area contributed by atoms with Crippen molar-refractivity contribution >= 4 is 31.8 Å². The minimum absolute atomic E-state index is 0.195. The molecule has 2 aromatic heterocycles. The van der Waals surface area contributed by atoms with Crippen molar-refractivity contribution in [3.63, 3.8) is 0 Å². The molecular formula is C16H20N4O3S. The van der Waals surface area contributed by atoms with Gasteiger partial charge in [-0.05, 0) is 51.3 Å². The second-order valence-electron chi connectivity index (χ2n) is 5.98. The van der Waals surface area contributed by atoms with Gasteiger partial charge in [0.25, 0.3) is 5.56 Å². The first-order valence-corrected chi connectivity index (χ1v) is 9.14. The summed E-state index contributed by atoms with van der Waals surface area (Å²) in [5, 5.41) is 1.42. The lowest BCUT2D eigenvalue weighted by molar-refractivity contribution is 0.400. The number of aromatic amines is 2. The molecule has 3 N–H and O–H groups in total. The molecule has 0 saturated carbocycles. The van der Waals surface area contributed by atoms with Gasteiger partial charge in [-0.25, -0.2) is 13.1 Å². The van der Waals surface area contributed by atoms with Gasteiger partial charge in [-0.2, -0.15) is 0 Å². The Labute approximate surface area is 139 Å². The maximum Gasteiger partial charge on any atom is 0.272 e. The summed E-state index contributed by atoms with van der Waals surface area (Å²) < 4.78 is 27.5. The Morgan fingerprint density at radius 3 is 2.71 bits per heavy atom. The highest BCUT2D eigenvalue weighted by molar-refractivity contribution is 7.89.